The van der Waals surface area contributed by atoms with Crippen LogP contribution in [-0.2, 0) is 0 Å². The van der Waals surface area contributed by atoms with Crippen molar-refractivity contribution in [2.75, 3.05) is 0 Å². The van der Waals surface area contributed by atoms with Gasteiger partial charge >= 0.3 is 5.69 Å². The van der Waals surface area contributed by atoms with Crippen LogP contribution in [0.2, 0.25) is 0 Å². The molecule has 5 nitrogen and oxygen atoms in total. The maximum atomic E-state index is 11.5. The molecule has 0 saturated carbocycles. The minimum Gasteiger partial charge on any atom is -0.328 e. The van der Waals surface area contributed by atoms with Crippen molar-refractivity contribution in [3.63, 3.8) is 0 Å². The standard InChI is InChI=1S/C10H20N4OS/c1-6(2)14-9(15)12-13-10(14)16-8(4)5-7(3)11/h6-8H,5,11H2,1-4H3,(H,12,15). The van der Waals surface area contributed by atoms with E-state index in [4.69, 9.17) is 5.73 Å². The SMILES string of the molecule is CC(N)CC(C)Sc1n[nH]c(=O)n1C(C)C. The average molecular weight is 244 g/mol. The molecule has 2 atom stereocenters. The van der Waals surface area contributed by atoms with E-state index in [-0.39, 0.29) is 17.8 Å². The van der Waals surface area contributed by atoms with Crippen LogP contribution in [0.4, 0.5) is 0 Å². The Balaban J connectivity index is 2.77. The van der Waals surface area contributed by atoms with Crippen molar-refractivity contribution in [3.8, 4) is 0 Å². The minimum atomic E-state index is -0.148. The van der Waals surface area contributed by atoms with Crippen molar-refractivity contribution in [1.82, 2.24) is 14.8 Å². The van der Waals surface area contributed by atoms with Gasteiger partial charge in [0.05, 0.1) is 0 Å². The highest BCUT2D eigenvalue weighted by atomic mass is 32.2. The van der Waals surface area contributed by atoms with E-state index in [0.717, 1.165) is 11.6 Å². The van der Waals surface area contributed by atoms with E-state index in [1.165, 1.54) is 0 Å². The van der Waals surface area contributed by atoms with E-state index in [2.05, 4.69) is 17.1 Å². The van der Waals surface area contributed by atoms with Gasteiger partial charge in [0.25, 0.3) is 0 Å². The van der Waals surface area contributed by atoms with Crippen LogP contribution in [0.5, 0.6) is 0 Å². The monoisotopic (exact) mass is 244 g/mol. The second kappa shape index (κ2) is 5.54. The van der Waals surface area contributed by atoms with Crippen molar-refractivity contribution >= 4 is 11.8 Å². The number of H-pyrrole nitrogens is 1. The lowest BCUT2D eigenvalue weighted by atomic mass is 10.2. The van der Waals surface area contributed by atoms with Gasteiger partial charge < -0.3 is 5.73 Å². The predicted octanol–water partition coefficient (Wildman–Crippen LogP) is 1.37. The smallest absolute Gasteiger partial charge is 0.328 e. The van der Waals surface area contributed by atoms with Crippen molar-refractivity contribution in [3.05, 3.63) is 10.5 Å². The molecule has 16 heavy (non-hydrogen) atoms. The average Bonchev–Trinajstić information content (AvgIpc) is 2.45. The molecule has 0 fully saturated rings. The summed E-state index contributed by atoms with van der Waals surface area (Å²) in [6, 6.07) is 0.289. The molecule has 0 aliphatic carbocycles. The van der Waals surface area contributed by atoms with Crippen LogP contribution in [0.3, 0.4) is 0 Å². The zero-order valence-electron chi connectivity index (χ0n) is 10.2. The van der Waals surface area contributed by atoms with Crippen LogP contribution in [-0.4, -0.2) is 26.1 Å². The number of rotatable bonds is 5. The summed E-state index contributed by atoms with van der Waals surface area (Å²) in [5, 5.41) is 7.61. The first-order valence-electron chi connectivity index (χ1n) is 5.51. The first-order valence-corrected chi connectivity index (χ1v) is 6.39. The van der Waals surface area contributed by atoms with E-state index in [0.29, 0.717) is 5.25 Å². The molecule has 1 aromatic heterocycles. The fourth-order valence-corrected chi connectivity index (χ4v) is 2.85. The van der Waals surface area contributed by atoms with Crippen molar-refractivity contribution in [2.24, 2.45) is 5.73 Å². The molecule has 0 amide bonds. The summed E-state index contributed by atoms with van der Waals surface area (Å²) >= 11 is 1.59. The molecule has 0 aromatic carbocycles. The van der Waals surface area contributed by atoms with E-state index in [9.17, 15) is 4.79 Å². The fourth-order valence-electron chi connectivity index (χ4n) is 1.58. The fraction of sp³-hybridized carbons (Fsp3) is 0.800. The first-order chi connectivity index (χ1) is 7.41. The molecule has 0 aliphatic heterocycles. The van der Waals surface area contributed by atoms with Crippen molar-refractivity contribution in [2.45, 2.75) is 56.6 Å². The summed E-state index contributed by atoms with van der Waals surface area (Å²) in [6.07, 6.45) is 0.907. The Morgan fingerprint density at radius 3 is 2.56 bits per heavy atom. The summed E-state index contributed by atoms with van der Waals surface area (Å²) in [5.74, 6) is 0. The highest BCUT2D eigenvalue weighted by molar-refractivity contribution is 7.99. The molecule has 1 rings (SSSR count). The van der Waals surface area contributed by atoms with Gasteiger partial charge in [-0.1, -0.05) is 18.7 Å². The van der Waals surface area contributed by atoms with Crippen molar-refractivity contribution < 1.29 is 0 Å². The topological polar surface area (TPSA) is 76.7 Å². The Kier molecular flexibility index (Phi) is 4.61. The first kappa shape index (κ1) is 13.3. The van der Waals surface area contributed by atoms with Gasteiger partial charge in [0.15, 0.2) is 5.16 Å². The molecule has 0 saturated heterocycles. The highest BCUT2D eigenvalue weighted by Gasteiger charge is 2.15. The third-order valence-corrected chi connectivity index (χ3v) is 3.29. The summed E-state index contributed by atoms with van der Waals surface area (Å²) in [5.41, 5.74) is 5.59. The Morgan fingerprint density at radius 2 is 2.06 bits per heavy atom. The number of nitrogens with one attached hydrogen (secondary N) is 1. The number of aromatic nitrogens is 3. The molecule has 0 bridgehead atoms. The van der Waals surface area contributed by atoms with Crippen LogP contribution in [0.1, 0.15) is 40.2 Å². The van der Waals surface area contributed by atoms with E-state index in [1.807, 2.05) is 20.8 Å². The molecular weight excluding hydrogens is 224 g/mol. The molecule has 0 aliphatic rings. The predicted molar refractivity (Wildman–Crippen MR) is 66.8 cm³/mol. The minimum absolute atomic E-state index is 0.122. The van der Waals surface area contributed by atoms with Crippen LogP contribution in [0.15, 0.2) is 9.95 Å². The molecule has 0 radical (unpaired) electrons. The quantitative estimate of drug-likeness (QED) is 0.767. The Labute approximate surface area is 99.8 Å². The largest absolute Gasteiger partial charge is 0.344 e. The summed E-state index contributed by atoms with van der Waals surface area (Å²) < 4.78 is 1.67. The molecule has 92 valence electrons. The van der Waals surface area contributed by atoms with Gasteiger partial charge in [0, 0.05) is 17.3 Å². The lowest BCUT2D eigenvalue weighted by Crippen LogP contribution is -2.21. The van der Waals surface area contributed by atoms with Gasteiger partial charge in [0.1, 0.15) is 0 Å². The Hall–Kier alpha value is -0.750. The number of hydrogen-bond acceptors (Lipinski definition) is 4. The van der Waals surface area contributed by atoms with Gasteiger partial charge in [0.2, 0.25) is 0 Å². The van der Waals surface area contributed by atoms with Gasteiger partial charge in [-0.2, -0.15) is 0 Å². The summed E-state index contributed by atoms with van der Waals surface area (Å²) in [7, 11) is 0. The Bertz CT molecular complexity index is 382. The second-order valence-corrected chi connectivity index (χ2v) is 5.82. The maximum Gasteiger partial charge on any atom is 0.344 e. The van der Waals surface area contributed by atoms with E-state index >= 15 is 0 Å². The lowest BCUT2D eigenvalue weighted by Gasteiger charge is -2.14. The van der Waals surface area contributed by atoms with Gasteiger partial charge in [-0.05, 0) is 27.2 Å². The molecular formula is C10H20N4OS. The van der Waals surface area contributed by atoms with E-state index < -0.39 is 0 Å². The number of thioether (sulfide) groups is 1. The van der Waals surface area contributed by atoms with Gasteiger partial charge in [-0.15, -0.1) is 5.10 Å². The lowest BCUT2D eigenvalue weighted by molar-refractivity contribution is 0.532. The summed E-state index contributed by atoms with van der Waals surface area (Å²) in [4.78, 5) is 11.5. The Morgan fingerprint density at radius 1 is 1.44 bits per heavy atom. The number of aromatic amines is 1. The van der Waals surface area contributed by atoms with Gasteiger partial charge in [-0.25, -0.2) is 9.89 Å². The third-order valence-electron chi connectivity index (χ3n) is 2.20. The molecule has 6 heteroatoms. The molecule has 1 aromatic rings. The maximum absolute atomic E-state index is 11.5. The summed E-state index contributed by atoms with van der Waals surface area (Å²) in [6.45, 7) is 8.02. The zero-order chi connectivity index (χ0) is 12.3. The molecule has 0 spiro atoms. The van der Waals surface area contributed by atoms with Crippen LogP contribution in [0, 0.1) is 0 Å². The zero-order valence-corrected chi connectivity index (χ0v) is 11.0. The van der Waals surface area contributed by atoms with Gasteiger partial charge in [-0.3, -0.25) is 4.57 Å². The number of hydrogen-bond donors (Lipinski definition) is 2. The second-order valence-electron chi connectivity index (χ2n) is 4.42. The third kappa shape index (κ3) is 3.38. The molecule has 3 N–H and O–H groups in total. The number of nitrogens with zero attached hydrogens (tertiary/aromatic N) is 2. The number of nitrogens with two attached hydrogens (primary N) is 1. The molecule has 1 heterocycles. The van der Waals surface area contributed by atoms with Crippen LogP contribution >= 0.6 is 11.8 Å². The van der Waals surface area contributed by atoms with Crippen LogP contribution in [0.25, 0.3) is 0 Å². The highest BCUT2D eigenvalue weighted by Crippen LogP contribution is 2.24. The molecule has 2 unspecified atom stereocenters. The van der Waals surface area contributed by atoms with Crippen molar-refractivity contribution in [1.29, 1.82) is 0 Å². The van der Waals surface area contributed by atoms with Crippen LogP contribution < -0.4 is 11.4 Å². The normalized spacial score (nSPS) is 15.4. The van der Waals surface area contributed by atoms with E-state index in [1.54, 1.807) is 16.3 Å².